The molecule has 3 nitrogen and oxygen atoms in total. The number of aromatic nitrogens is 1. The van der Waals surface area contributed by atoms with Crippen LogP contribution in [0.3, 0.4) is 0 Å². The molecule has 78 valence electrons. The molecule has 0 spiro atoms. The minimum atomic E-state index is -0.139. The molecule has 0 radical (unpaired) electrons. The second kappa shape index (κ2) is 6.01. The first-order chi connectivity index (χ1) is 6.77. The monoisotopic (exact) mass is 214 g/mol. The zero-order valence-electron chi connectivity index (χ0n) is 8.77. The van der Waals surface area contributed by atoms with Crippen molar-refractivity contribution < 1.29 is 14.0 Å². The summed E-state index contributed by atoms with van der Waals surface area (Å²) < 4.78 is 12.3. The van der Waals surface area contributed by atoms with Gasteiger partial charge >= 0.3 is 0 Å². The fourth-order valence-electron chi connectivity index (χ4n) is 1.04. The SMILES string of the molecule is COC(CSc1cccc[n+]1C)OC. The molecule has 0 N–H and O–H groups in total. The predicted molar refractivity (Wildman–Crippen MR) is 56.1 cm³/mol. The number of thioether (sulfide) groups is 1. The van der Waals surface area contributed by atoms with Gasteiger partial charge in [-0.2, -0.15) is 4.57 Å². The Labute approximate surface area is 89.0 Å². The minimum Gasteiger partial charge on any atom is -0.355 e. The number of rotatable bonds is 5. The Morgan fingerprint density at radius 1 is 1.36 bits per heavy atom. The van der Waals surface area contributed by atoms with Gasteiger partial charge in [-0.25, -0.2) is 0 Å². The van der Waals surface area contributed by atoms with Crippen molar-refractivity contribution in [2.24, 2.45) is 7.05 Å². The van der Waals surface area contributed by atoms with Crippen molar-refractivity contribution in [3.63, 3.8) is 0 Å². The molecule has 0 aliphatic rings. The Hall–Kier alpha value is -0.580. The summed E-state index contributed by atoms with van der Waals surface area (Å²) in [5, 5.41) is 1.20. The maximum atomic E-state index is 5.11. The van der Waals surface area contributed by atoms with Gasteiger partial charge in [0.2, 0.25) is 5.03 Å². The number of methoxy groups -OCH3 is 2. The van der Waals surface area contributed by atoms with Gasteiger partial charge in [-0.1, -0.05) is 11.8 Å². The largest absolute Gasteiger partial charge is 0.355 e. The summed E-state index contributed by atoms with van der Waals surface area (Å²) in [4.78, 5) is 0. The van der Waals surface area contributed by atoms with Gasteiger partial charge in [0.05, 0.1) is 5.75 Å². The van der Waals surface area contributed by atoms with Gasteiger partial charge in [0.1, 0.15) is 7.05 Å². The van der Waals surface area contributed by atoms with E-state index in [1.807, 2.05) is 25.4 Å². The van der Waals surface area contributed by atoms with E-state index < -0.39 is 0 Å². The van der Waals surface area contributed by atoms with E-state index in [1.54, 1.807) is 26.0 Å². The van der Waals surface area contributed by atoms with Crippen LogP contribution in [0.4, 0.5) is 0 Å². The van der Waals surface area contributed by atoms with Crippen LogP contribution in [-0.2, 0) is 16.5 Å². The average molecular weight is 214 g/mol. The van der Waals surface area contributed by atoms with Crippen molar-refractivity contribution in [2.45, 2.75) is 11.3 Å². The van der Waals surface area contributed by atoms with Crippen molar-refractivity contribution in [3.05, 3.63) is 24.4 Å². The van der Waals surface area contributed by atoms with E-state index in [-0.39, 0.29) is 6.29 Å². The maximum absolute atomic E-state index is 5.11. The van der Waals surface area contributed by atoms with Crippen molar-refractivity contribution in [2.75, 3.05) is 20.0 Å². The Balaban J connectivity index is 2.49. The van der Waals surface area contributed by atoms with Gasteiger partial charge in [-0.3, -0.25) is 0 Å². The summed E-state index contributed by atoms with van der Waals surface area (Å²) in [6, 6.07) is 6.11. The average Bonchev–Trinajstić information content (AvgIpc) is 2.22. The number of hydrogen-bond acceptors (Lipinski definition) is 3. The highest BCUT2D eigenvalue weighted by Gasteiger charge is 2.10. The van der Waals surface area contributed by atoms with E-state index >= 15 is 0 Å². The van der Waals surface area contributed by atoms with E-state index in [4.69, 9.17) is 9.47 Å². The summed E-state index contributed by atoms with van der Waals surface area (Å²) in [5.41, 5.74) is 0. The third-order valence-electron chi connectivity index (χ3n) is 1.90. The smallest absolute Gasteiger partial charge is 0.239 e. The summed E-state index contributed by atoms with van der Waals surface area (Å²) in [5.74, 6) is 0.796. The van der Waals surface area contributed by atoms with Crippen molar-refractivity contribution in [1.29, 1.82) is 0 Å². The number of aryl methyl sites for hydroxylation is 1. The lowest BCUT2D eigenvalue weighted by molar-refractivity contribution is -0.708. The van der Waals surface area contributed by atoms with Gasteiger partial charge in [0.25, 0.3) is 0 Å². The fourth-order valence-corrected chi connectivity index (χ4v) is 2.06. The standard InChI is InChI=1S/C10H16NO2S/c1-11-7-5-4-6-9(11)14-8-10(12-2)13-3/h4-7,10H,8H2,1-3H3/q+1. The lowest BCUT2D eigenvalue weighted by Gasteiger charge is -2.11. The van der Waals surface area contributed by atoms with Crippen LogP contribution in [0.1, 0.15) is 0 Å². The highest BCUT2D eigenvalue weighted by Crippen LogP contribution is 2.14. The molecule has 0 aliphatic carbocycles. The van der Waals surface area contributed by atoms with Crippen LogP contribution in [0.25, 0.3) is 0 Å². The molecular formula is C10H16NO2S+. The molecule has 0 unspecified atom stereocenters. The lowest BCUT2D eigenvalue weighted by Crippen LogP contribution is -2.30. The Kier molecular flexibility index (Phi) is 4.93. The number of pyridine rings is 1. The number of nitrogens with zero attached hydrogens (tertiary/aromatic N) is 1. The second-order valence-electron chi connectivity index (χ2n) is 2.86. The third kappa shape index (κ3) is 3.29. The van der Waals surface area contributed by atoms with Crippen LogP contribution in [0.2, 0.25) is 0 Å². The summed E-state index contributed by atoms with van der Waals surface area (Å²) in [6.07, 6.45) is 1.89. The van der Waals surface area contributed by atoms with E-state index in [0.717, 1.165) is 5.75 Å². The molecule has 0 bridgehead atoms. The highest BCUT2D eigenvalue weighted by molar-refractivity contribution is 7.99. The molecule has 0 atom stereocenters. The van der Waals surface area contributed by atoms with Crippen LogP contribution in [0, 0.1) is 0 Å². The van der Waals surface area contributed by atoms with E-state index in [1.165, 1.54) is 5.03 Å². The quantitative estimate of drug-likeness (QED) is 0.418. The normalized spacial score (nSPS) is 10.9. The molecule has 14 heavy (non-hydrogen) atoms. The molecule has 0 aliphatic heterocycles. The van der Waals surface area contributed by atoms with Crippen molar-refractivity contribution >= 4 is 11.8 Å². The highest BCUT2D eigenvalue weighted by atomic mass is 32.2. The van der Waals surface area contributed by atoms with Crippen LogP contribution < -0.4 is 4.57 Å². The van der Waals surface area contributed by atoms with Gasteiger partial charge in [-0.05, 0) is 6.07 Å². The third-order valence-corrected chi connectivity index (χ3v) is 3.06. The number of hydrogen-bond donors (Lipinski definition) is 0. The maximum Gasteiger partial charge on any atom is 0.239 e. The van der Waals surface area contributed by atoms with Crippen LogP contribution in [0.15, 0.2) is 29.4 Å². The molecule has 0 amide bonds. The van der Waals surface area contributed by atoms with Crippen molar-refractivity contribution in [3.8, 4) is 0 Å². The molecule has 1 rings (SSSR count). The van der Waals surface area contributed by atoms with Crippen LogP contribution in [-0.4, -0.2) is 26.3 Å². The summed E-state index contributed by atoms with van der Waals surface area (Å²) >= 11 is 1.72. The van der Waals surface area contributed by atoms with Crippen LogP contribution >= 0.6 is 11.8 Å². The van der Waals surface area contributed by atoms with E-state index in [2.05, 4.69) is 10.6 Å². The Bertz CT molecular complexity index is 277. The first-order valence-corrected chi connectivity index (χ1v) is 5.39. The first kappa shape index (κ1) is 11.5. The molecule has 0 saturated heterocycles. The Morgan fingerprint density at radius 3 is 2.64 bits per heavy atom. The van der Waals surface area contributed by atoms with E-state index in [9.17, 15) is 0 Å². The van der Waals surface area contributed by atoms with E-state index in [0.29, 0.717) is 0 Å². The molecule has 0 aromatic carbocycles. The molecule has 0 fully saturated rings. The van der Waals surface area contributed by atoms with Crippen molar-refractivity contribution in [1.82, 2.24) is 0 Å². The second-order valence-corrected chi connectivity index (χ2v) is 3.90. The zero-order valence-corrected chi connectivity index (χ0v) is 9.58. The lowest BCUT2D eigenvalue weighted by atomic mass is 10.5. The molecule has 4 heteroatoms. The zero-order chi connectivity index (χ0) is 10.4. The molecule has 1 aromatic rings. The first-order valence-electron chi connectivity index (χ1n) is 4.41. The van der Waals surface area contributed by atoms with Gasteiger partial charge in [0.15, 0.2) is 12.5 Å². The van der Waals surface area contributed by atoms with Crippen LogP contribution in [0.5, 0.6) is 0 Å². The molecular weight excluding hydrogens is 198 g/mol. The molecule has 1 aromatic heterocycles. The summed E-state index contributed by atoms with van der Waals surface area (Å²) in [6.45, 7) is 0. The minimum absolute atomic E-state index is 0.139. The number of ether oxygens (including phenoxy) is 2. The summed E-state index contributed by atoms with van der Waals surface area (Å²) in [7, 11) is 5.33. The molecule has 0 saturated carbocycles. The Morgan fingerprint density at radius 2 is 2.07 bits per heavy atom. The van der Waals surface area contributed by atoms with Gasteiger partial charge in [-0.15, -0.1) is 0 Å². The predicted octanol–water partition coefficient (Wildman–Crippen LogP) is 1.22. The van der Waals surface area contributed by atoms with Gasteiger partial charge < -0.3 is 9.47 Å². The topological polar surface area (TPSA) is 22.3 Å². The van der Waals surface area contributed by atoms with Gasteiger partial charge in [0, 0.05) is 26.4 Å². The molecule has 1 heterocycles. The fraction of sp³-hybridized carbons (Fsp3) is 0.500.